The third-order valence-corrected chi connectivity index (χ3v) is 2.99. The molecule has 0 aliphatic carbocycles. The number of hydrogen-bond acceptors (Lipinski definition) is 4. The largest absolute Gasteiger partial charge is 0.382 e. The van der Waals surface area contributed by atoms with Gasteiger partial charge in [0.05, 0.1) is 25.3 Å². The van der Waals surface area contributed by atoms with Gasteiger partial charge >= 0.3 is 0 Å². The minimum Gasteiger partial charge on any atom is -0.382 e. The number of para-hydroxylation sites is 1. The highest BCUT2D eigenvalue weighted by molar-refractivity contribution is 5.82. The van der Waals surface area contributed by atoms with E-state index in [1.54, 1.807) is 7.11 Å². The number of methoxy groups -OCH3 is 1. The number of ether oxygens (including phenoxy) is 2. The second-order valence-electron chi connectivity index (χ2n) is 4.57. The molecule has 0 aliphatic heterocycles. The van der Waals surface area contributed by atoms with Gasteiger partial charge in [-0.25, -0.2) is 0 Å². The fraction of sp³-hybridized carbons (Fsp3) is 0.375. The van der Waals surface area contributed by atoms with Gasteiger partial charge in [-0.05, 0) is 12.1 Å². The molecule has 0 fully saturated rings. The molecule has 0 spiro atoms. The highest BCUT2D eigenvalue weighted by Gasteiger charge is 2.06. The van der Waals surface area contributed by atoms with Gasteiger partial charge in [0.2, 0.25) is 0 Å². The first kappa shape index (κ1) is 14.6. The van der Waals surface area contributed by atoms with Crippen LogP contribution in [0.25, 0.3) is 10.9 Å². The van der Waals surface area contributed by atoms with Crippen LogP contribution in [0.1, 0.15) is 12.1 Å². The summed E-state index contributed by atoms with van der Waals surface area (Å²) in [6.45, 7) is 1.52. The summed E-state index contributed by atoms with van der Waals surface area (Å²) in [4.78, 5) is 16.3. The fourth-order valence-electron chi connectivity index (χ4n) is 1.93. The molecule has 0 saturated heterocycles. The molecule has 4 heteroatoms. The van der Waals surface area contributed by atoms with Crippen LogP contribution in [0.5, 0.6) is 0 Å². The molecule has 2 aromatic rings. The molecule has 0 atom stereocenters. The van der Waals surface area contributed by atoms with E-state index in [1.807, 2.05) is 36.4 Å². The Morgan fingerprint density at radius 1 is 1.10 bits per heavy atom. The van der Waals surface area contributed by atoms with Gasteiger partial charge in [0.25, 0.3) is 0 Å². The Bertz CT molecular complexity index is 568. The number of carbonyl (C=O) groups excluding carboxylic acids is 1. The lowest BCUT2D eigenvalue weighted by Crippen LogP contribution is -2.10. The number of Topliss-reactive ketones (excluding diaryl/α,β-unsaturated/α-hetero) is 1. The van der Waals surface area contributed by atoms with Crippen molar-refractivity contribution in [3.8, 4) is 0 Å². The second-order valence-corrected chi connectivity index (χ2v) is 4.57. The van der Waals surface area contributed by atoms with E-state index in [4.69, 9.17) is 9.47 Å². The summed E-state index contributed by atoms with van der Waals surface area (Å²) in [6, 6.07) is 11.8. The number of pyridine rings is 1. The number of ketones is 1. The Kier molecular flexibility index (Phi) is 5.65. The molecule has 20 heavy (non-hydrogen) atoms. The van der Waals surface area contributed by atoms with Gasteiger partial charge < -0.3 is 9.47 Å². The number of aromatic nitrogens is 1. The number of rotatable bonds is 8. The van der Waals surface area contributed by atoms with Gasteiger partial charge in [-0.2, -0.15) is 0 Å². The lowest BCUT2D eigenvalue weighted by molar-refractivity contribution is -0.119. The lowest BCUT2D eigenvalue weighted by atomic mass is 10.1. The Balaban J connectivity index is 1.83. The third kappa shape index (κ3) is 4.40. The summed E-state index contributed by atoms with van der Waals surface area (Å²) in [5, 5.41) is 1.09. The third-order valence-electron chi connectivity index (χ3n) is 2.99. The molecule has 0 radical (unpaired) electrons. The van der Waals surface area contributed by atoms with Crippen LogP contribution in [0.3, 0.4) is 0 Å². The molecule has 0 saturated carbocycles. The lowest BCUT2D eigenvalue weighted by Gasteiger charge is -2.04. The van der Waals surface area contributed by atoms with E-state index in [-0.39, 0.29) is 5.78 Å². The maximum atomic E-state index is 11.8. The van der Waals surface area contributed by atoms with Crippen LogP contribution in [0.4, 0.5) is 0 Å². The topological polar surface area (TPSA) is 48.4 Å². The van der Waals surface area contributed by atoms with Crippen molar-refractivity contribution in [1.29, 1.82) is 0 Å². The zero-order valence-corrected chi connectivity index (χ0v) is 11.7. The first-order valence-electron chi connectivity index (χ1n) is 6.72. The number of hydrogen-bond donors (Lipinski definition) is 0. The van der Waals surface area contributed by atoms with Crippen LogP contribution in [0, 0.1) is 0 Å². The van der Waals surface area contributed by atoms with Crippen molar-refractivity contribution in [1.82, 2.24) is 4.98 Å². The summed E-state index contributed by atoms with van der Waals surface area (Å²) in [7, 11) is 1.62. The molecule has 106 valence electrons. The Morgan fingerprint density at radius 2 is 1.95 bits per heavy atom. The number of carbonyl (C=O) groups is 1. The van der Waals surface area contributed by atoms with Crippen molar-refractivity contribution >= 4 is 16.7 Å². The van der Waals surface area contributed by atoms with Crippen LogP contribution in [-0.4, -0.2) is 37.7 Å². The summed E-state index contributed by atoms with van der Waals surface area (Å²) >= 11 is 0. The molecule has 0 aliphatic rings. The summed E-state index contributed by atoms with van der Waals surface area (Å²) in [5.74, 6) is 0.144. The van der Waals surface area contributed by atoms with E-state index in [1.165, 1.54) is 0 Å². The van der Waals surface area contributed by atoms with E-state index >= 15 is 0 Å². The molecule has 1 aromatic heterocycles. The van der Waals surface area contributed by atoms with Crippen LogP contribution >= 0.6 is 0 Å². The van der Waals surface area contributed by atoms with Crippen LogP contribution in [0.15, 0.2) is 36.4 Å². The quantitative estimate of drug-likeness (QED) is 0.693. The Morgan fingerprint density at radius 3 is 2.80 bits per heavy atom. The maximum absolute atomic E-state index is 11.8. The maximum Gasteiger partial charge on any atom is 0.141 e. The molecule has 1 aromatic carbocycles. The molecule has 1 heterocycles. The standard InChI is InChI=1S/C16H19NO3/c1-19-10-11-20-9-8-15(18)12-14-7-6-13-4-2-3-5-16(13)17-14/h2-7H,8-12H2,1H3. The summed E-state index contributed by atoms with van der Waals surface area (Å²) < 4.78 is 10.2. The molecular formula is C16H19NO3. The minimum absolute atomic E-state index is 0.144. The van der Waals surface area contributed by atoms with Crippen molar-refractivity contribution in [2.24, 2.45) is 0 Å². The van der Waals surface area contributed by atoms with E-state index in [2.05, 4.69) is 4.98 Å². The SMILES string of the molecule is COCCOCCC(=O)Cc1ccc2ccccc2n1. The predicted molar refractivity (Wildman–Crippen MR) is 77.8 cm³/mol. The van der Waals surface area contributed by atoms with Gasteiger partial charge in [-0.1, -0.05) is 24.3 Å². The van der Waals surface area contributed by atoms with Crippen molar-refractivity contribution in [2.75, 3.05) is 26.9 Å². The molecule has 0 bridgehead atoms. The minimum atomic E-state index is 0.144. The Labute approximate surface area is 118 Å². The highest BCUT2D eigenvalue weighted by atomic mass is 16.5. The Hall–Kier alpha value is -1.78. The van der Waals surface area contributed by atoms with Gasteiger partial charge in [0.1, 0.15) is 5.78 Å². The fourth-order valence-corrected chi connectivity index (χ4v) is 1.93. The highest BCUT2D eigenvalue weighted by Crippen LogP contribution is 2.12. The average molecular weight is 273 g/mol. The van der Waals surface area contributed by atoms with Crippen molar-refractivity contribution in [3.05, 3.63) is 42.1 Å². The number of nitrogens with zero attached hydrogens (tertiary/aromatic N) is 1. The zero-order valence-electron chi connectivity index (χ0n) is 11.7. The van der Waals surface area contributed by atoms with Crippen LogP contribution in [-0.2, 0) is 20.7 Å². The van der Waals surface area contributed by atoms with Gasteiger partial charge in [0.15, 0.2) is 0 Å². The average Bonchev–Trinajstić information content (AvgIpc) is 2.47. The van der Waals surface area contributed by atoms with Crippen molar-refractivity contribution in [2.45, 2.75) is 12.8 Å². The first-order chi connectivity index (χ1) is 9.79. The molecule has 0 N–H and O–H groups in total. The van der Waals surface area contributed by atoms with Gasteiger partial charge in [-0.3, -0.25) is 9.78 Å². The molecule has 0 amide bonds. The summed E-state index contributed by atoms with van der Waals surface area (Å²) in [5.41, 5.74) is 1.74. The van der Waals surface area contributed by atoms with Crippen LogP contribution in [0.2, 0.25) is 0 Å². The van der Waals surface area contributed by atoms with E-state index < -0.39 is 0 Å². The summed E-state index contributed by atoms with van der Waals surface area (Å²) in [6.07, 6.45) is 0.774. The predicted octanol–water partition coefficient (Wildman–Crippen LogP) is 2.40. The number of benzene rings is 1. The van der Waals surface area contributed by atoms with E-state index in [0.29, 0.717) is 32.7 Å². The normalized spacial score (nSPS) is 10.8. The van der Waals surface area contributed by atoms with E-state index in [0.717, 1.165) is 16.6 Å². The monoisotopic (exact) mass is 273 g/mol. The van der Waals surface area contributed by atoms with Crippen LogP contribution < -0.4 is 0 Å². The smallest absolute Gasteiger partial charge is 0.141 e. The molecule has 2 rings (SSSR count). The van der Waals surface area contributed by atoms with Gasteiger partial charge in [0, 0.05) is 31.0 Å². The molecule has 4 nitrogen and oxygen atoms in total. The molecular weight excluding hydrogens is 254 g/mol. The van der Waals surface area contributed by atoms with Crippen molar-refractivity contribution in [3.63, 3.8) is 0 Å². The van der Waals surface area contributed by atoms with E-state index in [9.17, 15) is 4.79 Å². The second kappa shape index (κ2) is 7.72. The molecule has 0 unspecified atom stereocenters. The van der Waals surface area contributed by atoms with Crippen molar-refractivity contribution < 1.29 is 14.3 Å². The first-order valence-corrected chi connectivity index (χ1v) is 6.72. The zero-order chi connectivity index (χ0) is 14.2. The number of fused-ring (bicyclic) bond motifs is 1. The van der Waals surface area contributed by atoms with Gasteiger partial charge in [-0.15, -0.1) is 0 Å².